The standard InChI is InChI=1S/C28H20BrN3O6/c1-38-21-10-9-16(13-20(21)29)26(33)25-23-22(24-19-8-3-2-5-15(19)11-12-30(24)25)27(34)31(28(23)35)17-6-4-7-18(14-17)32(36)37/h2-14,22-25H,1H3. The molecule has 3 aromatic carbocycles. The molecule has 0 radical (unpaired) electrons. The van der Waals surface area contributed by atoms with Gasteiger partial charge in [0.1, 0.15) is 11.8 Å². The van der Waals surface area contributed by atoms with E-state index in [4.69, 9.17) is 4.74 Å². The number of ketones is 1. The van der Waals surface area contributed by atoms with E-state index in [0.29, 0.717) is 15.8 Å². The lowest BCUT2D eigenvalue weighted by atomic mass is 9.83. The zero-order valence-corrected chi connectivity index (χ0v) is 21.6. The third-order valence-electron chi connectivity index (χ3n) is 7.47. The van der Waals surface area contributed by atoms with E-state index in [9.17, 15) is 24.5 Å². The number of methoxy groups -OCH3 is 1. The minimum Gasteiger partial charge on any atom is -0.496 e. The predicted molar refractivity (Wildman–Crippen MR) is 141 cm³/mol. The summed E-state index contributed by atoms with van der Waals surface area (Å²) >= 11 is 3.42. The highest BCUT2D eigenvalue weighted by Gasteiger charge is 2.64. The molecule has 0 spiro atoms. The third-order valence-corrected chi connectivity index (χ3v) is 8.08. The maximum absolute atomic E-state index is 14.0. The fourth-order valence-corrected chi connectivity index (χ4v) is 6.39. The monoisotopic (exact) mass is 573 g/mol. The minimum absolute atomic E-state index is 0.119. The molecule has 0 N–H and O–H groups in total. The molecule has 2 saturated heterocycles. The highest BCUT2D eigenvalue weighted by Crippen LogP contribution is 2.54. The van der Waals surface area contributed by atoms with Gasteiger partial charge in [0.15, 0.2) is 5.78 Å². The molecule has 3 aromatic rings. The number of ether oxygens (including phenoxy) is 1. The van der Waals surface area contributed by atoms with E-state index in [-0.39, 0.29) is 17.2 Å². The molecule has 190 valence electrons. The van der Waals surface area contributed by atoms with Gasteiger partial charge >= 0.3 is 0 Å². The first kappa shape index (κ1) is 24.1. The van der Waals surface area contributed by atoms with Gasteiger partial charge in [-0.2, -0.15) is 0 Å². The fourth-order valence-electron chi connectivity index (χ4n) is 5.85. The van der Waals surface area contributed by atoms with E-state index in [1.807, 2.05) is 35.2 Å². The SMILES string of the molecule is COc1ccc(C(=O)C2C3C(=O)N(c4cccc([N+](=O)[O-])c4)C(=O)C3C3c4ccccc4C=CN23)cc1Br. The number of nitrogens with zero attached hydrogens (tertiary/aromatic N) is 3. The number of nitro benzene ring substituents is 1. The zero-order valence-electron chi connectivity index (χ0n) is 20.0. The van der Waals surface area contributed by atoms with Crippen LogP contribution in [0.15, 0.2) is 77.4 Å². The van der Waals surface area contributed by atoms with Gasteiger partial charge in [0.05, 0.1) is 40.1 Å². The first-order valence-corrected chi connectivity index (χ1v) is 12.7. The number of Topliss-reactive ketones (excluding diaryl/α,β-unsaturated/α-hetero) is 1. The first-order valence-electron chi connectivity index (χ1n) is 11.9. The third kappa shape index (κ3) is 3.47. The van der Waals surface area contributed by atoms with Crippen molar-refractivity contribution in [1.82, 2.24) is 4.90 Å². The van der Waals surface area contributed by atoms with Crippen LogP contribution in [-0.2, 0) is 9.59 Å². The van der Waals surface area contributed by atoms with Gasteiger partial charge in [0.25, 0.3) is 5.69 Å². The number of hydrogen-bond donors (Lipinski definition) is 0. The molecule has 2 amide bonds. The van der Waals surface area contributed by atoms with Crippen LogP contribution in [0.1, 0.15) is 27.5 Å². The first-order chi connectivity index (χ1) is 18.3. The van der Waals surface area contributed by atoms with E-state index in [2.05, 4.69) is 15.9 Å². The second kappa shape index (κ2) is 8.91. The highest BCUT2D eigenvalue weighted by atomic mass is 79.9. The molecule has 10 heteroatoms. The molecule has 4 unspecified atom stereocenters. The molecule has 3 aliphatic rings. The second-order valence-electron chi connectivity index (χ2n) is 9.34. The number of nitro groups is 1. The summed E-state index contributed by atoms with van der Waals surface area (Å²) < 4.78 is 5.87. The van der Waals surface area contributed by atoms with Crippen LogP contribution in [0, 0.1) is 22.0 Å². The van der Waals surface area contributed by atoms with Gasteiger partial charge in [0, 0.05) is 23.9 Å². The highest BCUT2D eigenvalue weighted by molar-refractivity contribution is 9.10. The number of anilines is 1. The molecule has 0 aromatic heterocycles. The molecule has 3 heterocycles. The molecule has 0 aliphatic carbocycles. The summed E-state index contributed by atoms with van der Waals surface area (Å²) in [5.74, 6) is -2.60. The van der Waals surface area contributed by atoms with Crippen LogP contribution in [0.5, 0.6) is 5.75 Å². The topological polar surface area (TPSA) is 110 Å². The number of non-ortho nitro benzene ring substituents is 1. The van der Waals surface area contributed by atoms with E-state index in [1.165, 1.54) is 31.4 Å². The maximum Gasteiger partial charge on any atom is 0.271 e. The second-order valence-corrected chi connectivity index (χ2v) is 10.2. The van der Waals surface area contributed by atoms with Crippen LogP contribution in [0.2, 0.25) is 0 Å². The lowest BCUT2D eigenvalue weighted by Gasteiger charge is -2.35. The lowest BCUT2D eigenvalue weighted by molar-refractivity contribution is -0.384. The maximum atomic E-state index is 14.0. The molecule has 0 saturated carbocycles. The summed E-state index contributed by atoms with van der Waals surface area (Å²) in [6, 6.07) is 16.5. The molecular formula is C28H20BrN3O6. The van der Waals surface area contributed by atoms with E-state index in [0.717, 1.165) is 16.0 Å². The number of carbonyl (C=O) groups excluding carboxylic acids is 3. The largest absolute Gasteiger partial charge is 0.496 e. The van der Waals surface area contributed by atoms with Gasteiger partial charge in [-0.15, -0.1) is 0 Å². The van der Waals surface area contributed by atoms with Crippen molar-refractivity contribution in [2.75, 3.05) is 12.0 Å². The van der Waals surface area contributed by atoms with Crippen molar-refractivity contribution in [2.45, 2.75) is 12.1 Å². The molecule has 2 fully saturated rings. The average Bonchev–Trinajstić information content (AvgIpc) is 3.40. The Kier molecular flexibility index (Phi) is 5.64. The number of benzene rings is 3. The Morgan fingerprint density at radius 3 is 2.50 bits per heavy atom. The van der Waals surface area contributed by atoms with Crippen LogP contribution >= 0.6 is 15.9 Å². The number of halogens is 1. The summed E-state index contributed by atoms with van der Waals surface area (Å²) in [6.07, 6.45) is 3.66. The Balaban J connectivity index is 1.48. The number of rotatable bonds is 5. The van der Waals surface area contributed by atoms with Crippen molar-refractivity contribution in [1.29, 1.82) is 0 Å². The molecule has 38 heavy (non-hydrogen) atoms. The van der Waals surface area contributed by atoms with Gasteiger partial charge in [0.2, 0.25) is 11.8 Å². The van der Waals surface area contributed by atoms with Gasteiger partial charge in [-0.25, -0.2) is 4.90 Å². The molecule has 6 rings (SSSR count). The number of hydrogen-bond acceptors (Lipinski definition) is 7. The average molecular weight is 574 g/mol. The number of fused-ring (bicyclic) bond motifs is 5. The summed E-state index contributed by atoms with van der Waals surface area (Å²) in [6.45, 7) is 0. The summed E-state index contributed by atoms with van der Waals surface area (Å²) in [5, 5.41) is 11.4. The molecular weight excluding hydrogens is 554 g/mol. The summed E-state index contributed by atoms with van der Waals surface area (Å²) in [7, 11) is 1.52. The van der Waals surface area contributed by atoms with Crippen LogP contribution in [-0.4, -0.2) is 40.6 Å². The Morgan fingerprint density at radius 2 is 1.76 bits per heavy atom. The quantitative estimate of drug-likeness (QED) is 0.187. The van der Waals surface area contributed by atoms with Gasteiger partial charge in [-0.05, 0) is 57.4 Å². The number of amides is 2. The molecule has 9 nitrogen and oxygen atoms in total. The summed E-state index contributed by atoms with van der Waals surface area (Å²) in [4.78, 5) is 55.5. The van der Waals surface area contributed by atoms with E-state index >= 15 is 0 Å². The molecule has 4 atom stereocenters. The number of imide groups is 1. The van der Waals surface area contributed by atoms with Crippen molar-refractivity contribution in [3.63, 3.8) is 0 Å². The van der Waals surface area contributed by atoms with Gasteiger partial charge in [-0.1, -0.05) is 30.3 Å². The normalized spacial score (nSPS) is 23.2. The van der Waals surface area contributed by atoms with Crippen molar-refractivity contribution >= 4 is 51.0 Å². The molecule has 3 aliphatic heterocycles. The predicted octanol–water partition coefficient (Wildman–Crippen LogP) is 4.76. The van der Waals surface area contributed by atoms with Crippen molar-refractivity contribution in [3.8, 4) is 5.75 Å². The van der Waals surface area contributed by atoms with Crippen LogP contribution in [0.4, 0.5) is 11.4 Å². The minimum atomic E-state index is -0.976. The van der Waals surface area contributed by atoms with Crippen LogP contribution < -0.4 is 9.64 Å². The molecule has 0 bridgehead atoms. The van der Waals surface area contributed by atoms with Crippen molar-refractivity contribution in [2.24, 2.45) is 11.8 Å². The van der Waals surface area contributed by atoms with Crippen LogP contribution in [0.25, 0.3) is 6.08 Å². The summed E-state index contributed by atoms with van der Waals surface area (Å²) in [5.41, 5.74) is 2.00. The van der Waals surface area contributed by atoms with E-state index < -0.39 is 40.7 Å². The van der Waals surface area contributed by atoms with E-state index in [1.54, 1.807) is 24.4 Å². The Morgan fingerprint density at radius 1 is 1.00 bits per heavy atom. The van der Waals surface area contributed by atoms with Gasteiger partial charge in [-0.3, -0.25) is 24.5 Å². The smallest absolute Gasteiger partial charge is 0.271 e. The van der Waals surface area contributed by atoms with Crippen molar-refractivity contribution < 1.29 is 24.0 Å². The van der Waals surface area contributed by atoms with Gasteiger partial charge < -0.3 is 9.64 Å². The number of carbonyl (C=O) groups is 3. The van der Waals surface area contributed by atoms with Crippen molar-refractivity contribution in [3.05, 3.63) is 104 Å². The Hall–Kier alpha value is -4.31. The fraction of sp³-hybridized carbons (Fsp3) is 0.179. The Bertz CT molecular complexity index is 1570. The Labute approximate surface area is 225 Å². The van der Waals surface area contributed by atoms with Crippen LogP contribution in [0.3, 0.4) is 0 Å². The zero-order chi connectivity index (χ0) is 26.7. The lowest BCUT2D eigenvalue weighted by Crippen LogP contribution is -2.44.